The van der Waals surface area contributed by atoms with Gasteiger partial charge in [0.25, 0.3) is 0 Å². The highest BCUT2D eigenvalue weighted by atomic mass is 16.5. The zero-order valence-electron chi connectivity index (χ0n) is 10.3. The van der Waals surface area contributed by atoms with Crippen molar-refractivity contribution in [2.75, 3.05) is 0 Å². The molecule has 3 nitrogen and oxygen atoms in total. The zero-order valence-corrected chi connectivity index (χ0v) is 10.3. The van der Waals surface area contributed by atoms with Crippen LogP contribution in [0.25, 0.3) is 0 Å². The summed E-state index contributed by atoms with van der Waals surface area (Å²) in [5.41, 5.74) is 2.85. The monoisotopic (exact) mass is 244 g/mol. The second-order valence-corrected chi connectivity index (χ2v) is 4.22. The molecule has 0 aliphatic heterocycles. The largest absolute Gasteiger partial charge is 0.508 e. The minimum atomic E-state index is -0.0351. The number of aromatic hydroxyl groups is 1. The van der Waals surface area contributed by atoms with Crippen LogP contribution in [0, 0.1) is 6.92 Å². The molecule has 0 fully saturated rings. The first kappa shape index (κ1) is 12.5. The Morgan fingerprint density at radius 3 is 2.44 bits per heavy atom. The topological polar surface area (TPSA) is 49.7 Å². The lowest BCUT2D eigenvalue weighted by atomic mass is 10.1. The number of aliphatic hydroxyl groups is 1. The molecular formula is C15H16O3. The molecule has 2 N–H and O–H groups in total. The van der Waals surface area contributed by atoms with E-state index in [9.17, 15) is 10.2 Å². The maximum atomic E-state index is 9.26. The zero-order chi connectivity index (χ0) is 13.0. The standard InChI is InChI=1S/C15H16O3/c1-11-2-7-15(13(8-11)9-16)18-10-12-3-5-14(17)6-4-12/h2-8,16-17H,9-10H2,1H3. The number of hydrogen-bond acceptors (Lipinski definition) is 3. The van der Waals surface area contributed by atoms with Gasteiger partial charge >= 0.3 is 0 Å². The third-order valence-corrected chi connectivity index (χ3v) is 2.72. The second kappa shape index (κ2) is 5.56. The SMILES string of the molecule is Cc1ccc(OCc2ccc(O)cc2)c(CO)c1. The van der Waals surface area contributed by atoms with Crippen molar-refractivity contribution < 1.29 is 14.9 Å². The molecular weight excluding hydrogens is 228 g/mol. The summed E-state index contributed by atoms with van der Waals surface area (Å²) in [6.45, 7) is 2.35. The molecule has 0 bridgehead atoms. The van der Waals surface area contributed by atoms with Crippen molar-refractivity contribution in [2.24, 2.45) is 0 Å². The van der Waals surface area contributed by atoms with Crippen LogP contribution >= 0.6 is 0 Å². The minimum absolute atomic E-state index is 0.0351. The van der Waals surface area contributed by atoms with E-state index in [-0.39, 0.29) is 12.4 Å². The van der Waals surface area contributed by atoms with E-state index in [4.69, 9.17) is 4.74 Å². The lowest BCUT2D eigenvalue weighted by Crippen LogP contribution is -1.99. The first-order valence-corrected chi connectivity index (χ1v) is 5.80. The van der Waals surface area contributed by atoms with Crippen molar-refractivity contribution in [3.63, 3.8) is 0 Å². The Kier molecular flexibility index (Phi) is 3.85. The number of aliphatic hydroxyl groups excluding tert-OH is 1. The normalized spacial score (nSPS) is 10.3. The molecule has 0 unspecified atom stereocenters. The Morgan fingerprint density at radius 1 is 1.06 bits per heavy atom. The van der Waals surface area contributed by atoms with E-state index in [0.717, 1.165) is 16.7 Å². The van der Waals surface area contributed by atoms with Crippen molar-refractivity contribution in [3.05, 3.63) is 59.2 Å². The molecule has 0 radical (unpaired) electrons. The summed E-state index contributed by atoms with van der Waals surface area (Å²) in [6, 6.07) is 12.6. The molecule has 2 aromatic rings. The van der Waals surface area contributed by atoms with E-state index in [0.29, 0.717) is 12.4 Å². The van der Waals surface area contributed by atoms with Gasteiger partial charge in [0.1, 0.15) is 18.1 Å². The molecule has 0 saturated heterocycles. The molecule has 0 heterocycles. The fraction of sp³-hybridized carbons (Fsp3) is 0.200. The van der Waals surface area contributed by atoms with Crippen LogP contribution in [0.1, 0.15) is 16.7 Å². The fourth-order valence-electron chi connectivity index (χ4n) is 1.73. The summed E-state index contributed by atoms with van der Waals surface area (Å²) in [4.78, 5) is 0. The Labute approximate surface area is 106 Å². The van der Waals surface area contributed by atoms with Crippen molar-refractivity contribution in [3.8, 4) is 11.5 Å². The summed E-state index contributed by atoms with van der Waals surface area (Å²) in [6.07, 6.45) is 0. The number of aryl methyl sites for hydroxylation is 1. The van der Waals surface area contributed by atoms with Gasteiger partial charge in [0.2, 0.25) is 0 Å². The molecule has 0 atom stereocenters. The van der Waals surface area contributed by atoms with Gasteiger partial charge in [-0.25, -0.2) is 0 Å². The molecule has 94 valence electrons. The first-order chi connectivity index (χ1) is 8.69. The van der Waals surface area contributed by atoms with Crippen LogP contribution in [-0.4, -0.2) is 10.2 Å². The third-order valence-electron chi connectivity index (χ3n) is 2.72. The van der Waals surface area contributed by atoms with Gasteiger partial charge in [-0.2, -0.15) is 0 Å². The third kappa shape index (κ3) is 3.02. The molecule has 0 spiro atoms. The van der Waals surface area contributed by atoms with Crippen molar-refractivity contribution in [2.45, 2.75) is 20.1 Å². The number of phenolic OH excluding ortho intramolecular Hbond substituents is 1. The Morgan fingerprint density at radius 2 is 1.78 bits per heavy atom. The molecule has 0 aliphatic rings. The number of phenols is 1. The summed E-state index contributed by atoms with van der Waals surface area (Å²) in [5.74, 6) is 0.932. The van der Waals surface area contributed by atoms with E-state index < -0.39 is 0 Å². The maximum absolute atomic E-state index is 9.26. The molecule has 0 aliphatic carbocycles. The molecule has 0 aromatic heterocycles. The van der Waals surface area contributed by atoms with Gasteiger partial charge in [-0.05, 0) is 30.7 Å². The van der Waals surface area contributed by atoms with Crippen molar-refractivity contribution in [1.29, 1.82) is 0 Å². The second-order valence-electron chi connectivity index (χ2n) is 4.22. The Balaban J connectivity index is 2.08. The van der Waals surface area contributed by atoms with Crippen LogP contribution < -0.4 is 4.74 Å². The van der Waals surface area contributed by atoms with Gasteiger partial charge in [-0.1, -0.05) is 29.8 Å². The Bertz CT molecular complexity index is 518. The summed E-state index contributed by atoms with van der Waals surface area (Å²) >= 11 is 0. The molecule has 2 aromatic carbocycles. The highest BCUT2D eigenvalue weighted by Crippen LogP contribution is 2.21. The van der Waals surface area contributed by atoms with E-state index in [1.165, 1.54) is 0 Å². The van der Waals surface area contributed by atoms with Gasteiger partial charge in [-0.3, -0.25) is 0 Å². The first-order valence-electron chi connectivity index (χ1n) is 5.80. The van der Waals surface area contributed by atoms with E-state index >= 15 is 0 Å². The quantitative estimate of drug-likeness (QED) is 0.869. The number of benzene rings is 2. The number of ether oxygens (including phenoxy) is 1. The average molecular weight is 244 g/mol. The average Bonchev–Trinajstić information content (AvgIpc) is 2.39. The molecule has 3 heteroatoms. The van der Waals surface area contributed by atoms with Gasteiger partial charge in [0.05, 0.1) is 6.61 Å². The van der Waals surface area contributed by atoms with Gasteiger partial charge in [0, 0.05) is 5.56 Å². The summed E-state index contributed by atoms with van der Waals surface area (Å²) in [7, 11) is 0. The smallest absolute Gasteiger partial charge is 0.125 e. The fourth-order valence-corrected chi connectivity index (χ4v) is 1.73. The molecule has 18 heavy (non-hydrogen) atoms. The van der Waals surface area contributed by atoms with Gasteiger partial charge in [0.15, 0.2) is 0 Å². The van der Waals surface area contributed by atoms with Crippen LogP contribution in [0.15, 0.2) is 42.5 Å². The molecule has 2 rings (SSSR count). The van der Waals surface area contributed by atoms with Crippen LogP contribution in [0.4, 0.5) is 0 Å². The molecule has 0 amide bonds. The van der Waals surface area contributed by atoms with Crippen LogP contribution in [0.2, 0.25) is 0 Å². The number of hydrogen-bond donors (Lipinski definition) is 2. The van der Waals surface area contributed by atoms with Crippen LogP contribution in [-0.2, 0) is 13.2 Å². The van der Waals surface area contributed by atoms with E-state index in [1.54, 1.807) is 12.1 Å². The van der Waals surface area contributed by atoms with Gasteiger partial charge in [-0.15, -0.1) is 0 Å². The minimum Gasteiger partial charge on any atom is -0.508 e. The predicted octanol–water partition coefficient (Wildman–Crippen LogP) is 2.77. The van der Waals surface area contributed by atoms with Crippen LogP contribution in [0.3, 0.4) is 0 Å². The van der Waals surface area contributed by atoms with Crippen LogP contribution in [0.5, 0.6) is 11.5 Å². The Hall–Kier alpha value is -2.00. The van der Waals surface area contributed by atoms with E-state index in [2.05, 4.69) is 0 Å². The summed E-state index contributed by atoms with van der Waals surface area (Å²) in [5, 5.41) is 18.4. The lowest BCUT2D eigenvalue weighted by Gasteiger charge is -2.11. The van der Waals surface area contributed by atoms with Crippen molar-refractivity contribution >= 4 is 0 Å². The van der Waals surface area contributed by atoms with Crippen molar-refractivity contribution in [1.82, 2.24) is 0 Å². The summed E-state index contributed by atoms with van der Waals surface area (Å²) < 4.78 is 5.67. The van der Waals surface area contributed by atoms with E-state index in [1.807, 2.05) is 37.3 Å². The highest BCUT2D eigenvalue weighted by molar-refractivity contribution is 5.36. The number of rotatable bonds is 4. The van der Waals surface area contributed by atoms with Gasteiger partial charge < -0.3 is 14.9 Å². The predicted molar refractivity (Wildman–Crippen MR) is 69.5 cm³/mol. The molecule has 0 saturated carbocycles. The lowest BCUT2D eigenvalue weighted by molar-refractivity contribution is 0.259. The highest BCUT2D eigenvalue weighted by Gasteiger charge is 2.03. The maximum Gasteiger partial charge on any atom is 0.125 e.